The number of anilines is 1. The van der Waals surface area contributed by atoms with E-state index < -0.39 is 11.7 Å². The third kappa shape index (κ3) is 3.53. The van der Waals surface area contributed by atoms with Crippen LogP contribution < -0.4 is 10.5 Å². The molecule has 0 saturated heterocycles. The van der Waals surface area contributed by atoms with Gasteiger partial charge in [-0.3, -0.25) is 0 Å². The van der Waals surface area contributed by atoms with Gasteiger partial charge >= 0.3 is 6.18 Å². The topological polar surface area (TPSA) is 48.1 Å². The molecule has 110 valence electrons. The maximum Gasteiger partial charge on any atom is 0.417 e. The summed E-state index contributed by atoms with van der Waals surface area (Å²) in [5.41, 5.74) is 5.31. The van der Waals surface area contributed by atoms with Gasteiger partial charge in [0.2, 0.25) is 5.88 Å². The van der Waals surface area contributed by atoms with Crippen LogP contribution in [0, 0.1) is 0 Å². The Kier molecular flexibility index (Phi) is 5.19. The number of nitrogens with two attached hydrogens (primary N) is 1. The molecule has 0 aliphatic carbocycles. The van der Waals surface area contributed by atoms with E-state index in [1.165, 1.54) is 18.2 Å². The lowest BCUT2D eigenvalue weighted by Gasteiger charge is -2.12. The smallest absolute Gasteiger partial charge is 0.417 e. The Morgan fingerprint density at radius 1 is 1.20 bits per heavy atom. The van der Waals surface area contributed by atoms with Crippen molar-refractivity contribution in [2.45, 2.75) is 26.9 Å². The first kappa shape index (κ1) is 16.1. The Balaban J connectivity index is 0.000000956. The van der Waals surface area contributed by atoms with Crippen molar-refractivity contribution in [2.75, 3.05) is 12.3 Å². The molecule has 0 amide bonds. The van der Waals surface area contributed by atoms with E-state index in [-0.39, 0.29) is 23.4 Å². The van der Waals surface area contributed by atoms with Gasteiger partial charge in [0.25, 0.3) is 0 Å². The number of pyridine rings is 1. The number of halogens is 3. The van der Waals surface area contributed by atoms with Crippen LogP contribution >= 0.6 is 0 Å². The van der Waals surface area contributed by atoms with Crippen molar-refractivity contribution in [2.24, 2.45) is 0 Å². The average molecular weight is 286 g/mol. The summed E-state index contributed by atoms with van der Waals surface area (Å²) in [6.45, 7) is 5.93. The molecule has 6 heteroatoms. The van der Waals surface area contributed by atoms with Gasteiger partial charge in [-0.25, -0.2) is 4.98 Å². The first-order valence-electron chi connectivity index (χ1n) is 6.32. The zero-order valence-corrected chi connectivity index (χ0v) is 11.6. The van der Waals surface area contributed by atoms with Crippen LogP contribution in [0.3, 0.4) is 0 Å². The fraction of sp³-hybridized carbons (Fsp3) is 0.357. The minimum Gasteiger partial charge on any atom is -0.478 e. The van der Waals surface area contributed by atoms with E-state index in [0.29, 0.717) is 5.69 Å². The molecule has 0 aliphatic heterocycles. The summed E-state index contributed by atoms with van der Waals surface area (Å²) in [7, 11) is 0. The summed E-state index contributed by atoms with van der Waals surface area (Å²) >= 11 is 0. The Morgan fingerprint density at radius 2 is 1.85 bits per heavy atom. The van der Waals surface area contributed by atoms with Gasteiger partial charge in [-0.15, -0.1) is 0 Å². The molecule has 2 rings (SSSR count). The number of hydrogen-bond donors (Lipinski definition) is 1. The van der Waals surface area contributed by atoms with Gasteiger partial charge in [0.05, 0.1) is 17.7 Å². The number of benzene rings is 1. The van der Waals surface area contributed by atoms with Crippen LogP contribution in [0.25, 0.3) is 10.9 Å². The van der Waals surface area contributed by atoms with E-state index in [2.05, 4.69) is 4.98 Å². The van der Waals surface area contributed by atoms with E-state index in [4.69, 9.17) is 10.5 Å². The molecule has 2 N–H and O–H groups in total. The first-order chi connectivity index (χ1) is 9.41. The lowest BCUT2D eigenvalue weighted by molar-refractivity contribution is -0.136. The standard InChI is InChI=1S/C12H11F3N2O.C2H6/c1-2-18-11-6-9(12(13,14)15)8-4-3-7(16)5-10(8)17-11;1-2/h3-6H,2,16H2,1H3;1-2H3. The highest BCUT2D eigenvalue weighted by Crippen LogP contribution is 2.36. The number of nitrogens with zero attached hydrogens (tertiary/aromatic N) is 1. The zero-order chi connectivity index (χ0) is 15.3. The fourth-order valence-electron chi connectivity index (χ4n) is 1.68. The van der Waals surface area contributed by atoms with Gasteiger partial charge < -0.3 is 10.5 Å². The quantitative estimate of drug-likeness (QED) is 0.839. The molecule has 0 spiro atoms. The van der Waals surface area contributed by atoms with Crippen molar-refractivity contribution in [1.82, 2.24) is 4.98 Å². The monoisotopic (exact) mass is 286 g/mol. The van der Waals surface area contributed by atoms with Crippen LogP contribution in [0.2, 0.25) is 0 Å². The second-order valence-electron chi connectivity index (χ2n) is 3.72. The molecule has 0 aliphatic rings. The van der Waals surface area contributed by atoms with Crippen LogP contribution in [-0.2, 0) is 6.18 Å². The number of alkyl halides is 3. The summed E-state index contributed by atoms with van der Waals surface area (Å²) in [6.07, 6.45) is -4.46. The summed E-state index contributed by atoms with van der Waals surface area (Å²) < 4.78 is 43.8. The molecule has 0 fully saturated rings. The molecule has 3 nitrogen and oxygen atoms in total. The molecule has 0 atom stereocenters. The minimum absolute atomic E-state index is 0.0140. The van der Waals surface area contributed by atoms with Gasteiger partial charge in [0.15, 0.2) is 0 Å². The lowest BCUT2D eigenvalue weighted by Crippen LogP contribution is -2.08. The first-order valence-corrected chi connectivity index (χ1v) is 6.32. The number of aromatic nitrogens is 1. The molecular formula is C14H17F3N2O. The molecule has 0 unspecified atom stereocenters. The normalized spacial score (nSPS) is 10.9. The van der Waals surface area contributed by atoms with E-state index >= 15 is 0 Å². The van der Waals surface area contributed by atoms with Gasteiger partial charge in [-0.05, 0) is 19.1 Å². The molecule has 0 bridgehead atoms. The van der Waals surface area contributed by atoms with E-state index in [1.807, 2.05) is 13.8 Å². The third-order valence-corrected chi connectivity index (χ3v) is 2.41. The van der Waals surface area contributed by atoms with Crippen LogP contribution in [0.5, 0.6) is 5.88 Å². The predicted octanol–water partition coefficient (Wildman–Crippen LogP) is 4.26. The summed E-state index contributed by atoms with van der Waals surface area (Å²) in [5, 5.41) is 0.0140. The molecule has 1 aromatic heterocycles. The van der Waals surface area contributed by atoms with Crippen molar-refractivity contribution in [3.63, 3.8) is 0 Å². The number of rotatable bonds is 2. The number of fused-ring (bicyclic) bond motifs is 1. The Labute approximate surface area is 115 Å². The fourth-order valence-corrected chi connectivity index (χ4v) is 1.68. The lowest BCUT2D eigenvalue weighted by atomic mass is 10.1. The molecular weight excluding hydrogens is 269 g/mol. The van der Waals surface area contributed by atoms with E-state index in [1.54, 1.807) is 6.92 Å². The van der Waals surface area contributed by atoms with Crippen LogP contribution in [0.15, 0.2) is 24.3 Å². The van der Waals surface area contributed by atoms with Gasteiger partial charge in [-0.2, -0.15) is 13.2 Å². The van der Waals surface area contributed by atoms with Crippen molar-refractivity contribution in [3.8, 4) is 5.88 Å². The highest BCUT2D eigenvalue weighted by molar-refractivity contribution is 5.86. The average Bonchev–Trinajstić information content (AvgIpc) is 2.39. The third-order valence-electron chi connectivity index (χ3n) is 2.41. The van der Waals surface area contributed by atoms with Crippen molar-refractivity contribution >= 4 is 16.6 Å². The van der Waals surface area contributed by atoms with Crippen LogP contribution in [-0.4, -0.2) is 11.6 Å². The number of ether oxygens (including phenoxy) is 1. The van der Waals surface area contributed by atoms with Gasteiger partial charge in [0, 0.05) is 17.1 Å². The van der Waals surface area contributed by atoms with Crippen LogP contribution in [0.4, 0.5) is 18.9 Å². The Bertz CT molecular complexity index is 582. The SMILES string of the molecule is CC.CCOc1cc(C(F)(F)F)c2ccc(N)cc2n1. The number of hydrogen-bond acceptors (Lipinski definition) is 3. The predicted molar refractivity (Wildman–Crippen MR) is 73.7 cm³/mol. The summed E-state index contributed by atoms with van der Waals surface area (Å²) in [5.74, 6) is -0.0528. The van der Waals surface area contributed by atoms with Crippen molar-refractivity contribution in [1.29, 1.82) is 0 Å². The second kappa shape index (κ2) is 6.45. The molecule has 0 radical (unpaired) electrons. The maximum atomic E-state index is 12.9. The molecule has 20 heavy (non-hydrogen) atoms. The van der Waals surface area contributed by atoms with Crippen LogP contribution in [0.1, 0.15) is 26.3 Å². The second-order valence-corrected chi connectivity index (χ2v) is 3.72. The van der Waals surface area contributed by atoms with Crippen molar-refractivity contribution in [3.05, 3.63) is 29.8 Å². The van der Waals surface area contributed by atoms with E-state index in [0.717, 1.165) is 6.07 Å². The van der Waals surface area contributed by atoms with Crippen molar-refractivity contribution < 1.29 is 17.9 Å². The maximum absolute atomic E-state index is 12.9. The largest absolute Gasteiger partial charge is 0.478 e. The number of nitrogen functional groups attached to an aromatic ring is 1. The Morgan fingerprint density at radius 3 is 2.40 bits per heavy atom. The minimum atomic E-state index is -4.46. The van der Waals surface area contributed by atoms with Gasteiger partial charge in [-0.1, -0.05) is 19.9 Å². The molecule has 1 aromatic carbocycles. The Hall–Kier alpha value is -1.98. The summed E-state index contributed by atoms with van der Waals surface area (Å²) in [6, 6.07) is 5.03. The highest BCUT2D eigenvalue weighted by atomic mass is 19.4. The van der Waals surface area contributed by atoms with Gasteiger partial charge in [0.1, 0.15) is 0 Å². The molecule has 0 saturated carbocycles. The molecule has 1 heterocycles. The summed E-state index contributed by atoms with van der Waals surface area (Å²) in [4.78, 5) is 4.00. The van der Waals surface area contributed by atoms with E-state index in [9.17, 15) is 13.2 Å². The molecule has 2 aromatic rings. The highest BCUT2D eigenvalue weighted by Gasteiger charge is 2.33. The zero-order valence-electron chi connectivity index (χ0n) is 11.6.